The summed E-state index contributed by atoms with van der Waals surface area (Å²) in [7, 11) is -4.15. The van der Waals surface area contributed by atoms with Crippen LogP contribution in [0, 0.1) is 12.8 Å². The summed E-state index contributed by atoms with van der Waals surface area (Å²) >= 11 is 7.00. The number of hydrogen-bond donors (Lipinski definition) is 0. The average Bonchev–Trinajstić information content (AvgIpc) is 3.10. The van der Waals surface area contributed by atoms with E-state index in [9.17, 15) is 26.4 Å². The van der Waals surface area contributed by atoms with Crippen LogP contribution in [-0.4, -0.2) is 36.8 Å². The molecule has 1 aromatic heterocycles. The Labute approximate surface area is 180 Å². The van der Waals surface area contributed by atoms with Crippen LogP contribution in [0.15, 0.2) is 28.5 Å². The van der Waals surface area contributed by atoms with E-state index in [0.29, 0.717) is 11.8 Å². The van der Waals surface area contributed by atoms with E-state index in [1.54, 1.807) is 5.38 Å². The Hall–Kier alpha value is -1.69. The maximum atomic E-state index is 13.0. The van der Waals surface area contributed by atoms with Gasteiger partial charge in [0.15, 0.2) is 0 Å². The highest BCUT2D eigenvalue weighted by Crippen LogP contribution is 2.36. The number of nitrogens with zero attached hydrogens (tertiary/aromatic N) is 2. The molecule has 3 rings (SSSR count). The van der Waals surface area contributed by atoms with Crippen LogP contribution in [0.5, 0.6) is 0 Å². The predicted octanol–water partition coefficient (Wildman–Crippen LogP) is 4.27. The number of esters is 1. The van der Waals surface area contributed by atoms with Gasteiger partial charge in [-0.05, 0) is 38.0 Å². The second-order valence-corrected chi connectivity index (χ2v) is 10.2. The number of sulfonamides is 1. The summed E-state index contributed by atoms with van der Waals surface area (Å²) in [5, 5.41) is 2.08. The molecule has 2 heterocycles. The lowest BCUT2D eigenvalue weighted by atomic mass is 9.98. The van der Waals surface area contributed by atoms with Gasteiger partial charge in [-0.2, -0.15) is 17.5 Å². The van der Waals surface area contributed by atoms with E-state index in [-0.39, 0.29) is 32.5 Å². The Balaban J connectivity index is 1.63. The molecule has 2 aromatic rings. The topological polar surface area (TPSA) is 76.6 Å². The standard InChI is InChI=1S/C18H18ClF3N2O4S2/c1-11-23-13(10-29-11)9-28-17(25)12-4-6-24(7-5-12)30(26,27)14-2-3-16(19)15(8-14)18(20,21)22/h2-3,8,10,12H,4-7,9H2,1H3. The molecule has 164 valence electrons. The maximum absolute atomic E-state index is 13.0. The van der Waals surface area contributed by atoms with Gasteiger partial charge in [-0.1, -0.05) is 11.6 Å². The van der Waals surface area contributed by atoms with Crippen LogP contribution in [0.25, 0.3) is 0 Å². The van der Waals surface area contributed by atoms with Crippen LogP contribution in [0.3, 0.4) is 0 Å². The first kappa shape index (κ1) is 23.0. The number of halogens is 4. The number of benzene rings is 1. The molecule has 0 unspecified atom stereocenters. The van der Waals surface area contributed by atoms with Crippen molar-refractivity contribution >= 4 is 38.9 Å². The van der Waals surface area contributed by atoms with Crippen molar-refractivity contribution in [2.75, 3.05) is 13.1 Å². The number of aryl methyl sites for hydroxylation is 1. The van der Waals surface area contributed by atoms with E-state index < -0.39 is 43.6 Å². The number of alkyl halides is 3. The minimum absolute atomic E-state index is 0.00187. The highest BCUT2D eigenvalue weighted by molar-refractivity contribution is 7.89. The normalized spacial score (nSPS) is 16.6. The number of rotatable bonds is 5. The van der Waals surface area contributed by atoms with Crippen molar-refractivity contribution < 1.29 is 31.1 Å². The zero-order valence-corrected chi connectivity index (χ0v) is 18.2. The fourth-order valence-electron chi connectivity index (χ4n) is 3.10. The summed E-state index contributed by atoms with van der Waals surface area (Å²) in [6.07, 6.45) is -4.34. The lowest BCUT2D eigenvalue weighted by molar-refractivity contribution is -0.151. The van der Waals surface area contributed by atoms with Crippen molar-refractivity contribution in [1.82, 2.24) is 9.29 Å². The van der Waals surface area contributed by atoms with E-state index in [4.69, 9.17) is 16.3 Å². The first-order chi connectivity index (χ1) is 14.0. The molecule has 1 aromatic carbocycles. The Morgan fingerprint density at radius 2 is 2.00 bits per heavy atom. The van der Waals surface area contributed by atoms with Crippen LogP contribution in [0.1, 0.15) is 29.1 Å². The van der Waals surface area contributed by atoms with Gasteiger partial charge in [-0.3, -0.25) is 4.79 Å². The van der Waals surface area contributed by atoms with Crippen molar-refractivity contribution in [2.24, 2.45) is 5.92 Å². The van der Waals surface area contributed by atoms with Crippen molar-refractivity contribution in [3.05, 3.63) is 44.9 Å². The number of carbonyl (C=O) groups is 1. The highest BCUT2D eigenvalue weighted by atomic mass is 35.5. The van der Waals surface area contributed by atoms with Gasteiger partial charge in [-0.15, -0.1) is 11.3 Å². The Bertz CT molecular complexity index is 1030. The van der Waals surface area contributed by atoms with E-state index in [1.165, 1.54) is 11.3 Å². The van der Waals surface area contributed by atoms with E-state index in [2.05, 4.69) is 4.98 Å². The molecule has 1 aliphatic rings. The van der Waals surface area contributed by atoms with Crippen LogP contribution >= 0.6 is 22.9 Å². The average molecular weight is 483 g/mol. The molecule has 0 aliphatic carbocycles. The molecule has 0 N–H and O–H groups in total. The SMILES string of the molecule is Cc1nc(COC(=O)C2CCN(S(=O)(=O)c3ccc(Cl)c(C(F)(F)F)c3)CC2)cs1. The van der Waals surface area contributed by atoms with Crippen LogP contribution < -0.4 is 0 Å². The van der Waals surface area contributed by atoms with Gasteiger partial charge in [0, 0.05) is 18.5 Å². The summed E-state index contributed by atoms with van der Waals surface area (Å²) < 4.78 is 71.0. The number of aromatic nitrogens is 1. The third kappa shape index (κ3) is 5.13. The highest BCUT2D eigenvalue weighted by Gasteiger charge is 2.37. The summed E-state index contributed by atoms with van der Waals surface area (Å²) in [5.41, 5.74) is -0.560. The third-order valence-corrected chi connectivity index (χ3v) is 7.74. The molecule has 0 amide bonds. The molecule has 0 spiro atoms. The summed E-state index contributed by atoms with van der Waals surface area (Å²) in [5.74, 6) is -0.921. The monoisotopic (exact) mass is 482 g/mol. The zero-order valence-electron chi connectivity index (χ0n) is 15.8. The van der Waals surface area contributed by atoms with Crippen molar-refractivity contribution in [1.29, 1.82) is 0 Å². The van der Waals surface area contributed by atoms with Crippen molar-refractivity contribution in [3.63, 3.8) is 0 Å². The second kappa shape index (κ2) is 8.81. The van der Waals surface area contributed by atoms with E-state index in [0.717, 1.165) is 21.4 Å². The number of carbonyl (C=O) groups excluding carboxylic acids is 1. The van der Waals surface area contributed by atoms with Gasteiger partial charge in [0.25, 0.3) is 0 Å². The van der Waals surface area contributed by atoms with Crippen LogP contribution in [0.4, 0.5) is 13.2 Å². The largest absolute Gasteiger partial charge is 0.459 e. The second-order valence-electron chi connectivity index (χ2n) is 6.78. The fourth-order valence-corrected chi connectivity index (χ4v) is 5.42. The Morgan fingerprint density at radius 3 is 2.57 bits per heavy atom. The summed E-state index contributed by atoms with van der Waals surface area (Å²) in [6.45, 7) is 1.89. The van der Waals surface area contributed by atoms with E-state index in [1.807, 2.05) is 6.92 Å². The molecule has 0 saturated carbocycles. The number of ether oxygens (including phenoxy) is 1. The lowest BCUT2D eigenvalue weighted by Gasteiger charge is -2.30. The smallest absolute Gasteiger partial charge is 0.417 e. The van der Waals surface area contributed by atoms with E-state index >= 15 is 0 Å². The first-order valence-corrected chi connectivity index (χ1v) is 11.6. The zero-order chi connectivity index (χ0) is 22.1. The molecule has 0 atom stereocenters. The molecule has 0 radical (unpaired) electrons. The molecular weight excluding hydrogens is 465 g/mol. The van der Waals surface area contributed by atoms with Crippen LogP contribution in [0.2, 0.25) is 5.02 Å². The third-order valence-electron chi connectivity index (χ3n) is 4.70. The van der Waals surface area contributed by atoms with Crippen molar-refractivity contribution in [3.8, 4) is 0 Å². The summed E-state index contributed by atoms with van der Waals surface area (Å²) in [6, 6.07) is 2.50. The minimum Gasteiger partial charge on any atom is -0.459 e. The van der Waals surface area contributed by atoms with Gasteiger partial charge < -0.3 is 4.74 Å². The number of piperidine rings is 1. The first-order valence-electron chi connectivity index (χ1n) is 8.93. The van der Waals surface area contributed by atoms with Gasteiger partial charge in [0.1, 0.15) is 6.61 Å². The predicted molar refractivity (Wildman–Crippen MR) is 105 cm³/mol. The van der Waals surface area contributed by atoms with Crippen molar-refractivity contribution in [2.45, 2.75) is 37.4 Å². The minimum atomic E-state index is -4.77. The number of hydrogen-bond acceptors (Lipinski definition) is 6. The quantitative estimate of drug-likeness (QED) is 0.595. The molecule has 1 saturated heterocycles. The van der Waals surface area contributed by atoms with Crippen LogP contribution in [-0.2, 0) is 32.3 Å². The molecule has 0 bridgehead atoms. The number of thiazole rings is 1. The Kier molecular flexibility index (Phi) is 6.75. The molecule has 12 heteroatoms. The molecule has 1 fully saturated rings. The fraction of sp³-hybridized carbons (Fsp3) is 0.444. The maximum Gasteiger partial charge on any atom is 0.417 e. The Morgan fingerprint density at radius 1 is 1.33 bits per heavy atom. The molecule has 6 nitrogen and oxygen atoms in total. The lowest BCUT2D eigenvalue weighted by Crippen LogP contribution is -2.40. The molecular formula is C18H18ClF3N2O4S2. The van der Waals surface area contributed by atoms with Gasteiger partial charge in [-0.25, -0.2) is 13.4 Å². The summed E-state index contributed by atoms with van der Waals surface area (Å²) in [4.78, 5) is 16.0. The van der Waals surface area contributed by atoms with Gasteiger partial charge >= 0.3 is 12.1 Å². The molecule has 1 aliphatic heterocycles. The van der Waals surface area contributed by atoms with Gasteiger partial charge in [0.2, 0.25) is 10.0 Å². The van der Waals surface area contributed by atoms with Gasteiger partial charge in [0.05, 0.1) is 32.1 Å². The molecule has 30 heavy (non-hydrogen) atoms.